The van der Waals surface area contributed by atoms with E-state index in [1.807, 2.05) is 39.8 Å². The van der Waals surface area contributed by atoms with Crippen LogP contribution < -0.4 is 19.8 Å². The molecule has 1 fully saturated rings. The SMILES string of the molecule is COCCOCOc1ccc(N2CCc3cc(B4OC(C)(C)C(C)(C)O4)ccc3C2=O)cc1NS(C)(=O)=O. The molecule has 2 aromatic carbocycles. The molecule has 38 heavy (non-hydrogen) atoms. The Labute approximate surface area is 224 Å². The Bertz CT molecular complexity index is 1280. The van der Waals surface area contributed by atoms with Crippen molar-refractivity contribution in [2.45, 2.75) is 45.3 Å². The minimum atomic E-state index is -3.60. The molecule has 206 valence electrons. The average Bonchev–Trinajstić information content (AvgIpc) is 3.05. The second-order valence-corrected chi connectivity index (χ2v) is 12.2. The van der Waals surface area contributed by atoms with Crippen molar-refractivity contribution >= 4 is 39.9 Å². The number of ether oxygens (including phenoxy) is 3. The van der Waals surface area contributed by atoms with E-state index in [-0.39, 0.29) is 24.1 Å². The zero-order valence-electron chi connectivity index (χ0n) is 22.7. The van der Waals surface area contributed by atoms with E-state index in [9.17, 15) is 13.2 Å². The summed E-state index contributed by atoms with van der Waals surface area (Å²) in [6, 6.07) is 10.6. The van der Waals surface area contributed by atoms with Gasteiger partial charge in [-0.1, -0.05) is 12.1 Å². The van der Waals surface area contributed by atoms with E-state index in [0.717, 1.165) is 17.3 Å². The Morgan fingerprint density at radius 3 is 2.42 bits per heavy atom. The number of carbonyl (C=O) groups excluding carboxylic acids is 1. The van der Waals surface area contributed by atoms with E-state index in [0.29, 0.717) is 37.4 Å². The molecule has 12 heteroatoms. The van der Waals surface area contributed by atoms with Gasteiger partial charge in [-0.25, -0.2) is 8.42 Å². The van der Waals surface area contributed by atoms with Gasteiger partial charge in [-0.05, 0) is 69.4 Å². The molecule has 0 bridgehead atoms. The monoisotopic (exact) mass is 546 g/mol. The van der Waals surface area contributed by atoms with Crippen LogP contribution in [0.5, 0.6) is 5.75 Å². The number of nitrogens with zero attached hydrogens (tertiary/aromatic N) is 1. The largest absolute Gasteiger partial charge is 0.494 e. The van der Waals surface area contributed by atoms with Gasteiger partial charge in [-0.3, -0.25) is 9.52 Å². The fraction of sp³-hybridized carbons (Fsp3) is 0.500. The molecule has 1 N–H and O–H groups in total. The number of benzene rings is 2. The normalized spacial score (nSPS) is 18.4. The summed E-state index contributed by atoms with van der Waals surface area (Å²) in [4.78, 5) is 15.1. The molecule has 2 aromatic rings. The van der Waals surface area contributed by atoms with Crippen molar-refractivity contribution in [3.63, 3.8) is 0 Å². The van der Waals surface area contributed by atoms with Gasteiger partial charge in [0, 0.05) is 24.9 Å². The number of hydrogen-bond acceptors (Lipinski definition) is 8. The van der Waals surface area contributed by atoms with E-state index in [4.69, 9.17) is 23.5 Å². The van der Waals surface area contributed by atoms with Gasteiger partial charge in [0.15, 0.2) is 6.79 Å². The van der Waals surface area contributed by atoms with Crippen molar-refractivity contribution in [3.8, 4) is 5.75 Å². The lowest BCUT2D eigenvalue weighted by molar-refractivity contribution is -0.00814. The smallest absolute Gasteiger partial charge is 0.465 e. The van der Waals surface area contributed by atoms with E-state index >= 15 is 0 Å². The number of rotatable bonds is 10. The topological polar surface area (TPSA) is 113 Å². The van der Waals surface area contributed by atoms with Crippen LogP contribution in [-0.4, -0.2) is 72.6 Å². The fourth-order valence-electron chi connectivity index (χ4n) is 4.28. The third-order valence-corrected chi connectivity index (χ3v) is 7.63. The molecule has 0 spiro atoms. The highest BCUT2D eigenvalue weighted by molar-refractivity contribution is 7.92. The quantitative estimate of drug-likeness (QED) is 0.275. The number of hydrogen-bond donors (Lipinski definition) is 1. The number of fused-ring (bicyclic) bond motifs is 1. The highest BCUT2D eigenvalue weighted by Gasteiger charge is 2.51. The van der Waals surface area contributed by atoms with Crippen LogP contribution in [0.4, 0.5) is 11.4 Å². The maximum atomic E-state index is 13.5. The number of methoxy groups -OCH3 is 1. The number of amides is 1. The molecule has 0 atom stereocenters. The van der Waals surface area contributed by atoms with Crippen molar-refractivity contribution in [1.29, 1.82) is 0 Å². The minimum Gasteiger partial charge on any atom is -0.465 e. The molecule has 0 unspecified atom stereocenters. The van der Waals surface area contributed by atoms with E-state index in [1.54, 1.807) is 36.3 Å². The van der Waals surface area contributed by atoms with Gasteiger partial charge in [0.2, 0.25) is 10.0 Å². The molecule has 1 saturated heterocycles. The first-order chi connectivity index (χ1) is 17.8. The van der Waals surface area contributed by atoms with Crippen LogP contribution >= 0.6 is 0 Å². The van der Waals surface area contributed by atoms with Crippen LogP contribution in [0.2, 0.25) is 0 Å². The Balaban J connectivity index is 1.54. The van der Waals surface area contributed by atoms with Crippen molar-refractivity contribution in [2.24, 2.45) is 0 Å². The molecule has 0 saturated carbocycles. The van der Waals surface area contributed by atoms with Crippen molar-refractivity contribution in [2.75, 3.05) is 49.5 Å². The van der Waals surface area contributed by atoms with Crippen LogP contribution in [0.3, 0.4) is 0 Å². The number of carbonyl (C=O) groups is 1. The summed E-state index contributed by atoms with van der Waals surface area (Å²) >= 11 is 0. The third kappa shape index (κ3) is 6.15. The van der Waals surface area contributed by atoms with E-state index in [2.05, 4.69) is 4.72 Å². The van der Waals surface area contributed by atoms with Crippen molar-refractivity contribution < 1.29 is 36.7 Å². The molecule has 0 radical (unpaired) electrons. The molecule has 0 aliphatic carbocycles. The predicted octanol–water partition coefficient (Wildman–Crippen LogP) is 2.56. The Hall–Kier alpha value is -2.64. The second kappa shape index (κ2) is 10.9. The van der Waals surface area contributed by atoms with Crippen molar-refractivity contribution in [3.05, 3.63) is 47.5 Å². The maximum Gasteiger partial charge on any atom is 0.494 e. The lowest BCUT2D eigenvalue weighted by Gasteiger charge is -2.32. The van der Waals surface area contributed by atoms with E-state index in [1.165, 1.54) is 0 Å². The second-order valence-electron chi connectivity index (χ2n) is 10.4. The van der Waals surface area contributed by atoms with Gasteiger partial charge in [0.05, 0.1) is 36.4 Å². The molecular weight excluding hydrogens is 511 g/mol. The molecule has 1 amide bonds. The first-order valence-corrected chi connectivity index (χ1v) is 14.3. The zero-order chi connectivity index (χ0) is 27.7. The summed E-state index contributed by atoms with van der Waals surface area (Å²) in [6.45, 7) is 9.11. The third-order valence-electron chi connectivity index (χ3n) is 7.03. The van der Waals surface area contributed by atoms with Gasteiger partial charge in [0.1, 0.15) is 5.75 Å². The van der Waals surface area contributed by atoms with Gasteiger partial charge in [-0.2, -0.15) is 0 Å². The summed E-state index contributed by atoms with van der Waals surface area (Å²) in [5.41, 5.74) is 2.23. The van der Waals surface area contributed by atoms with Gasteiger partial charge in [-0.15, -0.1) is 0 Å². The lowest BCUT2D eigenvalue weighted by atomic mass is 9.77. The Kier molecular flexibility index (Phi) is 8.11. The van der Waals surface area contributed by atoms with E-state index < -0.39 is 28.3 Å². The fourth-order valence-corrected chi connectivity index (χ4v) is 4.84. The molecular formula is C26H35BN2O8S. The Morgan fingerprint density at radius 2 is 1.76 bits per heavy atom. The molecule has 2 heterocycles. The number of sulfonamides is 1. The standard InChI is InChI=1S/C26H35BN2O8S/c1-25(2)26(3,4)37-27(36-25)19-7-9-21-18(15-19)11-12-29(24(21)30)20-8-10-23(35-17-34-14-13-33-5)22(16-20)28-38(6,31)32/h7-10,15-16,28H,11-14,17H2,1-6H3. The van der Waals surface area contributed by atoms with Crippen LogP contribution in [0.25, 0.3) is 0 Å². The van der Waals surface area contributed by atoms with Crippen molar-refractivity contribution in [1.82, 2.24) is 0 Å². The lowest BCUT2D eigenvalue weighted by Crippen LogP contribution is -2.41. The van der Waals surface area contributed by atoms with Gasteiger partial charge >= 0.3 is 7.12 Å². The molecule has 0 aromatic heterocycles. The highest BCUT2D eigenvalue weighted by Crippen LogP contribution is 2.37. The molecule has 10 nitrogen and oxygen atoms in total. The summed E-state index contributed by atoms with van der Waals surface area (Å²) in [5.74, 6) is 0.113. The summed E-state index contributed by atoms with van der Waals surface area (Å²) in [5, 5.41) is 0. The predicted molar refractivity (Wildman–Crippen MR) is 146 cm³/mol. The zero-order valence-corrected chi connectivity index (χ0v) is 23.5. The Morgan fingerprint density at radius 1 is 1.05 bits per heavy atom. The summed E-state index contributed by atoms with van der Waals surface area (Å²) < 4.78 is 54.7. The number of nitrogens with one attached hydrogen (secondary N) is 1. The summed E-state index contributed by atoms with van der Waals surface area (Å²) in [6.07, 6.45) is 1.67. The molecule has 2 aliphatic rings. The minimum absolute atomic E-state index is 0.0811. The molecule has 4 rings (SSSR count). The molecule has 2 aliphatic heterocycles. The van der Waals surface area contributed by atoms with Crippen LogP contribution in [0, 0.1) is 0 Å². The average molecular weight is 546 g/mol. The van der Waals surface area contributed by atoms with Crippen LogP contribution in [0.15, 0.2) is 36.4 Å². The van der Waals surface area contributed by atoms with Gasteiger partial charge < -0.3 is 28.4 Å². The summed E-state index contributed by atoms with van der Waals surface area (Å²) in [7, 11) is -2.54. The van der Waals surface area contributed by atoms with Crippen LogP contribution in [0.1, 0.15) is 43.6 Å². The van der Waals surface area contributed by atoms with Gasteiger partial charge in [0.25, 0.3) is 5.91 Å². The maximum absolute atomic E-state index is 13.5. The highest BCUT2D eigenvalue weighted by atomic mass is 32.2. The van der Waals surface area contributed by atoms with Crippen LogP contribution in [-0.2, 0) is 35.2 Å². The first kappa shape index (κ1) is 28.4. The number of anilines is 2. The first-order valence-electron chi connectivity index (χ1n) is 12.4.